The van der Waals surface area contributed by atoms with Crippen molar-refractivity contribution in [3.63, 3.8) is 0 Å². The van der Waals surface area contributed by atoms with Crippen molar-refractivity contribution in [1.29, 1.82) is 0 Å². The molecular weight excluding hydrogens is 282 g/mol. The first-order valence-corrected chi connectivity index (χ1v) is 7.93. The molecule has 1 aliphatic heterocycles. The van der Waals surface area contributed by atoms with Crippen LogP contribution in [0.4, 0.5) is 4.79 Å². The third-order valence-electron chi connectivity index (χ3n) is 3.54. The van der Waals surface area contributed by atoms with Gasteiger partial charge in [0.05, 0.1) is 5.69 Å². The van der Waals surface area contributed by atoms with Gasteiger partial charge in [0.15, 0.2) is 0 Å². The van der Waals surface area contributed by atoms with Crippen molar-refractivity contribution in [2.75, 3.05) is 19.8 Å². The topological polar surface area (TPSA) is 65.4 Å². The van der Waals surface area contributed by atoms with Crippen LogP contribution in [0.15, 0.2) is 6.20 Å². The molecule has 6 nitrogen and oxygen atoms in total. The summed E-state index contributed by atoms with van der Waals surface area (Å²) in [5.41, 5.74) is 0.543. The van der Waals surface area contributed by atoms with Crippen molar-refractivity contribution in [2.24, 2.45) is 0 Å². The van der Waals surface area contributed by atoms with E-state index < -0.39 is 5.60 Å². The van der Waals surface area contributed by atoms with E-state index in [2.05, 4.69) is 14.9 Å². The van der Waals surface area contributed by atoms with Gasteiger partial charge in [-0.1, -0.05) is 0 Å². The number of aromatic nitrogens is 2. The second-order valence-electron chi connectivity index (χ2n) is 6.75. The molecule has 0 saturated carbocycles. The standard InChI is InChI=1S/C16H27N3O3/c1-12-11-19(8-7-17-15(20)22-16(2,3)4)14(18-12)13-5-9-21-10-6-13/h11,13H,5-10H2,1-4H3,(H,17,20). The highest BCUT2D eigenvalue weighted by Crippen LogP contribution is 2.26. The van der Waals surface area contributed by atoms with Gasteiger partial charge in [-0.25, -0.2) is 9.78 Å². The van der Waals surface area contributed by atoms with E-state index in [1.54, 1.807) is 0 Å². The van der Waals surface area contributed by atoms with Crippen LogP contribution < -0.4 is 5.32 Å². The minimum Gasteiger partial charge on any atom is -0.444 e. The summed E-state index contributed by atoms with van der Waals surface area (Å²) in [5, 5.41) is 2.79. The number of hydrogen-bond acceptors (Lipinski definition) is 4. The zero-order valence-corrected chi connectivity index (χ0v) is 14.0. The summed E-state index contributed by atoms with van der Waals surface area (Å²) < 4.78 is 12.8. The molecule has 0 spiro atoms. The van der Waals surface area contributed by atoms with Crippen molar-refractivity contribution in [3.05, 3.63) is 17.7 Å². The van der Waals surface area contributed by atoms with Crippen molar-refractivity contribution < 1.29 is 14.3 Å². The molecule has 1 aliphatic rings. The summed E-state index contributed by atoms with van der Waals surface area (Å²) in [5.74, 6) is 1.55. The predicted octanol–water partition coefficient (Wildman–Crippen LogP) is 2.61. The Morgan fingerprint density at radius 3 is 2.77 bits per heavy atom. The molecule has 6 heteroatoms. The number of carbonyl (C=O) groups excluding carboxylic acids is 1. The number of amides is 1. The van der Waals surface area contributed by atoms with Gasteiger partial charge in [-0.2, -0.15) is 0 Å². The molecule has 0 aromatic carbocycles. The van der Waals surface area contributed by atoms with E-state index in [9.17, 15) is 4.79 Å². The largest absolute Gasteiger partial charge is 0.444 e. The van der Waals surface area contributed by atoms with E-state index in [1.165, 1.54) is 0 Å². The monoisotopic (exact) mass is 309 g/mol. The molecule has 1 aromatic rings. The smallest absolute Gasteiger partial charge is 0.407 e. The van der Waals surface area contributed by atoms with Gasteiger partial charge in [-0.05, 0) is 40.5 Å². The Morgan fingerprint density at radius 1 is 1.45 bits per heavy atom. The second kappa shape index (κ2) is 7.13. The number of alkyl carbamates (subject to hydrolysis) is 1. The lowest BCUT2D eigenvalue weighted by Crippen LogP contribution is -2.34. The SMILES string of the molecule is Cc1cn(CCNC(=O)OC(C)(C)C)c(C2CCOCC2)n1. The number of carbonyl (C=O) groups is 1. The van der Waals surface area contributed by atoms with E-state index in [4.69, 9.17) is 9.47 Å². The first-order valence-electron chi connectivity index (χ1n) is 7.93. The van der Waals surface area contributed by atoms with Gasteiger partial charge in [0.1, 0.15) is 11.4 Å². The normalized spacial score (nSPS) is 16.5. The van der Waals surface area contributed by atoms with Crippen LogP contribution >= 0.6 is 0 Å². The Morgan fingerprint density at radius 2 is 2.14 bits per heavy atom. The fourth-order valence-corrected chi connectivity index (χ4v) is 2.62. The van der Waals surface area contributed by atoms with Crippen LogP contribution in [0.2, 0.25) is 0 Å². The van der Waals surface area contributed by atoms with Gasteiger partial charge >= 0.3 is 6.09 Å². The van der Waals surface area contributed by atoms with E-state index in [0.717, 1.165) is 37.6 Å². The molecule has 1 N–H and O–H groups in total. The molecule has 0 bridgehead atoms. The molecule has 0 radical (unpaired) electrons. The number of hydrogen-bond donors (Lipinski definition) is 1. The van der Waals surface area contributed by atoms with Crippen LogP contribution in [0, 0.1) is 6.92 Å². The quantitative estimate of drug-likeness (QED) is 0.928. The zero-order chi connectivity index (χ0) is 16.2. The fourth-order valence-electron chi connectivity index (χ4n) is 2.62. The Labute approximate surface area is 132 Å². The van der Waals surface area contributed by atoms with E-state index >= 15 is 0 Å². The molecule has 1 saturated heterocycles. The highest BCUT2D eigenvalue weighted by atomic mass is 16.6. The van der Waals surface area contributed by atoms with Gasteiger partial charge in [0.25, 0.3) is 0 Å². The minimum absolute atomic E-state index is 0.378. The Bertz CT molecular complexity index is 499. The molecule has 2 rings (SSSR count). The molecule has 0 unspecified atom stereocenters. The number of aryl methyl sites for hydroxylation is 1. The number of nitrogens with zero attached hydrogens (tertiary/aromatic N) is 2. The van der Waals surface area contributed by atoms with Crippen LogP contribution in [-0.4, -0.2) is 41.0 Å². The lowest BCUT2D eigenvalue weighted by Gasteiger charge is -2.23. The lowest BCUT2D eigenvalue weighted by atomic mass is 9.99. The van der Waals surface area contributed by atoms with Gasteiger partial charge in [0.2, 0.25) is 0 Å². The summed E-state index contributed by atoms with van der Waals surface area (Å²) in [6.07, 6.45) is 3.69. The van der Waals surface area contributed by atoms with Gasteiger partial charge in [0, 0.05) is 38.4 Å². The summed E-state index contributed by atoms with van der Waals surface area (Å²) in [4.78, 5) is 16.3. The van der Waals surface area contributed by atoms with Crippen molar-refractivity contribution in [1.82, 2.24) is 14.9 Å². The van der Waals surface area contributed by atoms with E-state index in [1.807, 2.05) is 33.9 Å². The lowest BCUT2D eigenvalue weighted by molar-refractivity contribution is 0.0525. The Kier molecular flexibility index (Phi) is 5.45. The second-order valence-corrected chi connectivity index (χ2v) is 6.75. The third kappa shape index (κ3) is 5.02. The molecule has 1 amide bonds. The van der Waals surface area contributed by atoms with Gasteiger partial charge < -0.3 is 19.4 Å². The summed E-state index contributed by atoms with van der Waals surface area (Å²) >= 11 is 0. The first-order chi connectivity index (χ1) is 10.3. The van der Waals surface area contributed by atoms with E-state index in [-0.39, 0.29) is 6.09 Å². The predicted molar refractivity (Wildman–Crippen MR) is 84.0 cm³/mol. The third-order valence-corrected chi connectivity index (χ3v) is 3.54. The molecule has 124 valence electrons. The van der Waals surface area contributed by atoms with E-state index in [0.29, 0.717) is 19.0 Å². The maximum absolute atomic E-state index is 11.7. The zero-order valence-electron chi connectivity index (χ0n) is 14.0. The molecule has 1 aromatic heterocycles. The maximum atomic E-state index is 11.7. The van der Waals surface area contributed by atoms with Crippen LogP contribution in [0.5, 0.6) is 0 Å². The number of ether oxygens (including phenoxy) is 2. The Hall–Kier alpha value is -1.56. The van der Waals surface area contributed by atoms with Crippen LogP contribution in [-0.2, 0) is 16.0 Å². The molecule has 0 aliphatic carbocycles. The average Bonchev–Trinajstić information content (AvgIpc) is 2.79. The maximum Gasteiger partial charge on any atom is 0.407 e. The highest BCUT2D eigenvalue weighted by molar-refractivity contribution is 5.67. The molecule has 2 heterocycles. The molecule has 22 heavy (non-hydrogen) atoms. The summed E-state index contributed by atoms with van der Waals surface area (Å²) in [6.45, 7) is 10.4. The molecule has 1 fully saturated rings. The van der Waals surface area contributed by atoms with Gasteiger partial charge in [-0.3, -0.25) is 0 Å². The number of nitrogens with one attached hydrogen (secondary N) is 1. The van der Waals surface area contributed by atoms with Crippen LogP contribution in [0.25, 0.3) is 0 Å². The highest BCUT2D eigenvalue weighted by Gasteiger charge is 2.21. The van der Waals surface area contributed by atoms with Crippen LogP contribution in [0.3, 0.4) is 0 Å². The first kappa shape index (κ1) is 16.8. The van der Waals surface area contributed by atoms with Gasteiger partial charge in [-0.15, -0.1) is 0 Å². The Balaban J connectivity index is 1.88. The molecule has 0 atom stereocenters. The summed E-state index contributed by atoms with van der Waals surface area (Å²) in [6, 6.07) is 0. The fraction of sp³-hybridized carbons (Fsp3) is 0.750. The number of imidazole rings is 1. The molecular formula is C16H27N3O3. The summed E-state index contributed by atoms with van der Waals surface area (Å²) in [7, 11) is 0. The minimum atomic E-state index is -0.469. The average molecular weight is 309 g/mol. The van der Waals surface area contributed by atoms with Crippen LogP contribution in [0.1, 0.15) is 51.0 Å². The van der Waals surface area contributed by atoms with Crippen molar-refractivity contribution in [3.8, 4) is 0 Å². The van der Waals surface area contributed by atoms with Crippen molar-refractivity contribution >= 4 is 6.09 Å². The number of rotatable bonds is 4. The van der Waals surface area contributed by atoms with Crippen molar-refractivity contribution in [2.45, 2.75) is 58.6 Å².